The molecule has 0 bridgehead atoms. The van der Waals surface area contributed by atoms with Crippen LogP contribution in [0.1, 0.15) is 29.2 Å². The molecule has 3 atom stereocenters. The van der Waals surface area contributed by atoms with Crippen molar-refractivity contribution in [2.75, 3.05) is 26.2 Å². The lowest BCUT2D eigenvalue weighted by atomic mass is 9.88. The number of nitrogens with zero attached hydrogens (tertiary/aromatic N) is 2. The third-order valence-corrected chi connectivity index (χ3v) is 5.97. The Labute approximate surface area is 159 Å². The molecule has 3 aliphatic heterocycles. The highest BCUT2D eigenvalue weighted by molar-refractivity contribution is 5.76. The molecule has 0 spiro atoms. The maximum absolute atomic E-state index is 13.5. The van der Waals surface area contributed by atoms with Crippen molar-refractivity contribution in [3.8, 4) is 0 Å². The maximum atomic E-state index is 13.5. The number of ether oxygens (including phenoxy) is 1. The van der Waals surface area contributed by atoms with Crippen LogP contribution in [0.3, 0.4) is 0 Å². The number of hydrogen-bond donors (Lipinski definition) is 1. The second kappa shape index (κ2) is 6.97. The number of nitrogens with one attached hydrogen (secondary N) is 1. The van der Waals surface area contributed by atoms with Gasteiger partial charge in [-0.1, -0.05) is 36.4 Å². The molecule has 5 heteroatoms. The third-order valence-electron chi connectivity index (χ3n) is 5.97. The molecule has 27 heavy (non-hydrogen) atoms. The fourth-order valence-corrected chi connectivity index (χ4v) is 4.54. The van der Waals surface area contributed by atoms with E-state index in [4.69, 9.17) is 9.73 Å². The highest BCUT2D eigenvalue weighted by atomic mass is 19.1. The lowest BCUT2D eigenvalue weighted by Crippen LogP contribution is -2.51. The van der Waals surface area contributed by atoms with Crippen molar-refractivity contribution in [3.05, 3.63) is 71.0 Å². The average Bonchev–Trinajstić information content (AvgIpc) is 2.73. The fraction of sp³-hybridized carbons (Fsp3) is 0.409. The normalized spacial score (nSPS) is 27.2. The molecule has 2 aromatic rings. The molecule has 0 amide bonds. The van der Waals surface area contributed by atoms with Gasteiger partial charge in [0.05, 0.1) is 12.6 Å². The molecule has 0 unspecified atom stereocenters. The minimum Gasteiger partial charge on any atom is -0.461 e. The van der Waals surface area contributed by atoms with E-state index in [1.807, 2.05) is 12.1 Å². The molecule has 0 saturated carbocycles. The molecule has 1 fully saturated rings. The summed E-state index contributed by atoms with van der Waals surface area (Å²) in [5.74, 6) is 0.252. The average molecular weight is 365 g/mol. The largest absolute Gasteiger partial charge is 0.461 e. The molecular weight excluding hydrogens is 341 g/mol. The number of piperidine rings is 1. The van der Waals surface area contributed by atoms with Crippen LogP contribution in [0.15, 0.2) is 53.5 Å². The number of amidine groups is 1. The number of fused-ring (bicyclic) bond motifs is 2. The Morgan fingerprint density at radius 1 is 1.11 bits per heavy atom. The molecule has 0 radical (unpaired) electrons. The van der Waals surface area contributed by atoms with Gasteiger partial charge in [0.15, 0.2) is 0 Å². The van der Waals surface area contributed by atoms with E-state index in [1.54, 1.807) is 0 Å². The number of hydrogen-bond acceptors (Lipinski definition) is 4. The number of halogens is 1. The van der Waals surface area contributed by atoms with Crippen LogP contribution >= 0.6 is 0 Å². The third kappa shape index (κ3) is 3.10. The van der Waals surface area contributed by atoms with E-state index < -0.39 is 0 Å². The summed E-state index contributed by atoms with van der Waals surface area (Å²) in [5.41, 5.74) is 3.68. The van der Waals surface area contributed by atoms with Crippen molar-refractivity contribution in [2.45, 2.75) is 25.0 Å². The SMILES string of the molecule is Fc1ccc([C@H]2c3ccccc3CCN2C2=NC[C@@H]3CNCC[C@H]3O2)cc1. The van der Waals surface area contributed by atoms with Gasteiger partial charge in [-0.25, -0.2) is 9.38 Å². The maximum Gasteiger partial charge on any atom is 0.288 e. The summed E-state index contributed by atoms with van der Waals surface area (Å²) in [6, 6.07) is 16.1. The van der Waals surface area contributed by atoms with Crippen LogP contribution in [-0.2, 0) is 11.2 Å². The Balaban J connectivity index is 1.52. The molecule has 3 heterocycles. The van der Waals surface area contributed by atoms with Crippen LogP contribution in [-0.4, -0.2) is 43.2 Å². The van der Waals surface area contributed by atoms with Gasteiger partial charge in [-0.3, -0.25) is 0 Å². The van der Waals surface area contributed by atoms with Crippen molar-refractivity contribution < 1.29 is 9.13 Å². The first-order chi connectivity index (χ1) is 13.3. The van der Waals surface area contributed by atoms with E-state index in [-0.39, 0.29) is 18.0 Å². The molecule has 4 nitrogen and oxygen atoms in total. The lowest BCUT2D eigenvalue weighted by Gasteiger charge is -2.43. The highest BCUT2D eigenvalue weighted by Crippen LogP contribution is 2.37. The molecule has 3 aliphatic rings. The van der Waals surface area contributed by atoms with E-state index in [0.717, 1.165) is 50.6 Å². The van der Waals surface area contributed by atoms with Crippen molar-refractivity contribution in [1.29, 1.82) is 0 Å². The van der Waals surface area contributed by atoms with Crippen molar-refractivity contribution in [1.82, 2.24) is 10.2 Å². The Bertz CT molecular complexity index is 851. The molecule has 1 N–H and O–H groups in total. The first-order valence-electron chi connectivity index (χ1n) is 9.81. The summed E-state index contributed by atoms with van der Waals surface area (Å²) >= 11 is 0. The number of rotatable bonds is 1. The van der Waals surface area contributed by atoms with E-state index in [2.05, 4.69) is 34.5 Å². The van der Waals surface area contributed by atoms with Gasteiger partial charge in [-0.05, 0) is 48.2 Å². The molecule has 0 aromatic heterocycles. The topological polar surface area (TPSA) is 36.9 Å². The first kappa shape index (κ1) is 16.8. The zero-order chi connectivity index (χ0) is 18.2. The van der Waals surface area contributed by atoms with Gasteiger partial charge in [0.1, 0.15) is 11.9 Å². The van der Waals surface area contributed by atoms with Crippen LogP contribution in [0.2, 0.25) is 0 Å². The van der Waals surface area contributed by atoms with Gasteiger partial charge in [0.2, 0.25) is 0 Å². The Morgan fingerprint density at radius 2 is 1.96 bits per heavy atom. The molecule has 0 aliphatic carbocycles. The highest BCUT2D eigenvalue weighted by Gasteiger charge is 2.37. The predicted molar refractivity (Wildman–Crippen MR) is 103 cm³/mol. The van der Waals surface area contributed by atoms with Crippen LogP contribution in [0.25, 0.3) is 0 Å². The Morgan fingerprint density at radius 3 is 2.85 bits per heavy atom. The van der Waals surface area contributed by atoms with Gasteiger partial charge in [-0.15, -0.1) is 0 Å². The van der Waals surface area contributed by atoms with Crippen molar-refractivity contribution in [2.24, 2.45) is 10.9 Å². The first-order valence-corrected chi connectivity index (χ1v) is 9.81. The van der Waals surface area contributed by atoms with Crippen LogP contribution in [0.5, 0.6) is 0 Å². The quantitative estimate of drug-likeness (QED) is 0.844. The molecule has 1 saturated heterocycles. The number of aliphatic imine (C=N–C) groups is 1. The van der Waals surface area contributed by atoms with Gasteiger partial charge < -0.3 is 15.0 Å². The summed E-state index contributed by atoms with van der Waals surface area (Å²) in [5, 5.41) is 3.43. The zero-order valence-corrected chi connectivity index (χ0v) is 15.3. The summed E-state index contributed by atoms with van der Waals surface area (Å²) < 4.78 is 19.9. The van der Waals surface area contributed by atoms with Gasteiger partial charge >= 0.3 is 0 Å². The monoisotopic (exact) mass is 365 g/mol. The van der Waals surface area contributed by atoms with E-state index >= 15 is 0 Å². The van der Waals surface area contributed by atoms with Crippen LogP contribution in [0.4, 0.5) is 4.39 Å². The van der Waals surface area contributed by atoms with Gasteiger partial charge in [0, 0.05) is 19.0 Å². The van der Waals surface area contributed by atoms with E-state index in [9.17, 15) is 4.39 Å². The summed E-state index contributed by atoms with van der Waals surface area (Å²) in [6.45, 7) is 3.64. The van der Waals surface area contributed by atoms with Crippen molar-refractivity contribution >= 4 is 6.02 Å². The Kier molecular flexibility index (Phi) is 4.32. The number of benzene rings is 2. The summed E-state index contributed by atoms with van der Waals surface area (Å²) in [4.78, 5) is 7.08. The standard InChI is InChI=1S/C22H24FN3O/c23-18-7-5-16(6-8-18)21-19-4-2-1-3-15(19)10-12-26(21)22-25-14-17-13-24-11-9-20(17)27-22/h1-8,17,20-21,24H,9-14H2/t17-,20+,21-/m0/s1. The van der Waals surface area contributed by atoms with Crippen LogP contribution in [0, 0.1) is 11.7 Å². The van der Waals surface area contributed by atoms with Crippen LogP contribution < -0.4 is 5.32 Å². The Hall–Kier alpha value is -2.40. The second-order valence-corrected chi connectivity index (χ2v) is 7.63. The second-order valence-electron chi connectivity index (χ2n) is 7.63. The predicted octanol–water partition coefficient (Wildman–Crippen LogP) is 3.14. The summed E-state index contributed by atoms with van der Waals surface area (Å²) in [7, 11) is 0. The molecular formula is C22H24FN3O. The van der Waals surface area contributed by atoms with Gasteiger partial charge in [0.25, 0.3) is 6.02 Å². The minimum absolute atomic E-state index is 0.00701. The smallest absolute Gasteiger partial charge is 0.288 e. The summed E-state index contributed by atoms with van der Waals surface area (Å²) in [6.07, 6.45) is 2.23. The molecule has 5 rings (SSSR count). The van der Waals surface area contributed by atoms with Crippen molar-refractivity contribution in [3.63, 3.8) is 0 Å². The molecule has 140 valence electrons. The zero-order valence-electron chi connectivity index (χ0n) is 15.3. The van der Waals surface area contributed by atoms with Gasteiger partial charge in [-0.2, -0.15) is 0 Å². The minimum atomic E-state index is -0.210. The van der Waals surface area contributed by atoms with E-state index in [0.29, 0.717) is 5.92 Å². The molecule has 2 aromatic carbocycles. The lowest BCUT2D eigenvalue weighted by molar-refractivity contribution is 0.0522. The fourth-order valence-electron chi connectivity index (χ4n) is 4.54. The van der Waals surface area contributed by atoms with E-state index in [1.165, 1.54) is 23.3 Å².